The van der Waals surface area contributed by atoms with Crippen molar-refractivity contribution in [2.24, 2.45) is 35.5 Å². The number of phenolic OH excluding ortho intramolecular Hbond substituents is 1. The van der Waals surface area contributed by atoms with E-state index in [1.54, 1.807) is 18.4 Å². The molecule has 49 heavy (non-hydrogen) atoms. The molecule has 0 radical (unpaired) electrons. The number of hydrogen-bond donors (Lipinski definition) is 1. The fourth-order valence-corrected chi connectivity index (χ4v) is 8.37. The number of carbonyl (C=O) groups excluding carboxylic acids is 4. The van der Waals surface area contributed by atoms with Gasteiger partial charge in [0.15, 0.2) is 0 Å². The van der Waals surface area contributed by atoms with Crippen LogP contribution >= 0.6 is 0 Å². The molecule has 2 aliphatic carbocycles. The SMILES string of the molecule is O=C1C2CC=C3C(CC4C(=O)N(c5ccc([N+](=O)[O-])cc5)C(=O)C4C3C3=COc4ccc(O)cc4C3)C2C(=O)N1c1ccc([N+](=O)[O-])cc1. The zero-order chi connectivity index (χ0) is 34.3. The van der Waals surface area contributed by atoms with Crippen molar-refractivity contribution >= 4 is 46.4 Å². The number of amides is 4. The average molecular weight is 663 g/mol. The van der Waals surface area contributed by atoms with E-state index >= 15 is 0 Å². The Kier molecular flexibility index (Phi) is 6.73. The summed E-state index contributed by atoms with van der Waals surface area (Å²) in [5, 5.41) is 32.7. The van der Waals surface area contributed by atoms with Crippen LogP contribution in [0.4, 0.5) is 22.7 Å². The van der Waals surface area contributed by atoms with E-state index in [1.165, 1.54) is 54.6 Å². The topological polar surface area (TPSA) is 190 Å². The Morgan fingerprint density at radius 2 is 1.29 bits per heavy atom. The van der Waals surface area contributed by atoms with Crippen molar-refractivity contribution in [3.05, 3.63) is 116 Å². The van der Waals surface area contributed by atoms with Gasteiger partial charge >= 0.3 is 0 Å². The molecule has 0 bridgehead atoms. The standard InChI is InChI=1S/C35H26N4O10/c40-23-9-12-28-17(14-23)13-18(16-49-28)29-24-10-11-25-30(34(43)36(32(25)41)19-1-5-21(6-2-19)38(45)46)26(24)15-27-31(29)35(44)37(33(27)42)20-3-7-22(8-4-20)39(47)48/h1-10,12,14,16,25-27,29-31,40H,11,13,15H2. The fourth-order valence-electron chi connectivity index (χ4n) is 8.37. The lowest BCUT2D eigenvalue weighted by atomic mass is 9.56. The Bertz CT molecular complexity index is 2070. The Hall–Kier alpha value is -6.18. The lowest BCUT2D eigenvalue weighted by Gasteiger charge is -2.45. The van der Waals surface area contributed by atoms with E-state index in [4.69, 9.17) is 4.74 Å². The monoisotopic (exact) mass is 662 g/mol. The normalized spacial score (nSPS) is 27.0. The molecule has 3 aliphatic heterocycles. The number of ether oxygens (including phenoxy) is 1. The van der Waals surface area contributed by atoms with Crippen molar-refractivity contribution in [2.75, 3.05) is 9.80 Å². The smallest absolute Gasteiger partial charge is 0.269 e. The summed E-state index contributed by atoms with van der Waals surface area (Å²) in [5.74, 6) is -5.97. The van der Waals surface area contributed by atoms with Crippen LogP contribution in [0, 0.1) is 55.7 Å². The maximum absolute atomic E-state index is 14.3. The van der Waals surface area contributed by atoms with E-state index in [0.717, 1.165) is 15.4 Å². The van der Waals surface area contributed by atoms with E-state index in [9.17, 15) is 44.5 Å². The zero-order valence-corrected chi connectivity index (χ0v) is 25.5. The van der Waals surface area contributed by atoms with Gasteiger partial charge in [0.25, 0.3) is 11.4 Å². The second-order valence-corrected chi connectivity index (χ2v) is 12.9. The van der Waals surface area contributed by atoms with Gasteiger partial charge < -0.3 is 9.84 Å². The quantitative estimate of drug-likeness (QED) is 0.175. The Balaban J connectivity index is 1.20. The minimum absolute atomic E-state index is 0.0283. The van der Waals surface area contributed by atoms with Crippen LogP contribution in [0.2, 0.25) is 0 Å². The average Bonchev–Trinajstić information content (AvgIpc) is 3.50. The van der Waals surface area contributed by atoms with Gasteiger partial charge in [-0.05, 0) is 66.8 Å². The summed E-state index contributed by atoms with van der Waals surface area (Å²) in [5.41, 5.74) is 2.09. The second kappa shape index (κ2) is 10.9. The lowest BCUT2D eigenvalue weighted by Crippen LogP contribution is -2.45. The Labute approximate surface area is 277 Å². The third-order valence-corrected chi connectivity index (χ3v) is 10.5. The molecule has 6 atom stereocenters. The van der Waals surface area contributed by atoms with Gasteiger partial charge in [-0.25, -0.2) is 0 Å². The lowest BCUT2D eigenvalue weighted by molar-refractivity contribution is -0.385. The molecule has 1 N–H and O–H groups in total. The summed E-state index contributed by atoms with van der Waals surface area (Å²) >= 11 is 0. The van der Waals surface area contributed by atoms with Crippen molar-refractivity contribution in [1.29, 1.82) is 0 Å². The number of rotatable bonds is 5. The Morgan fingerprint density at radius 1 is 0.714 bits per heavy atom. The molecule has 3 aromatic rings. The van der Waals surface area contributed by atoms with E-state index in [-0.39, 0.29) is 47.8 Å². The van der Waals surface area contributed by atoms with Crippen LogP contribution in [0.3, 0.4) is 0 Å². The van der Waals surface area contributed by atoms with Crippen LogP contribution in [0.15, 0.2) is 90.2 Å². The maximum Gasteiger partial charge on any atom is 0.269 e. The number of fused-ring (bicyclic) bond motifs is 5. The van der Waals surface area contributed by atoms with Gasteiger partial charge in [-0.3, -0.25) is 49.2 Å². The summed E-state index contributed by atoms with van der Waals surface area (Å²) < 4.78 is 5.96. The van der Waals surface area contributed by atoms with Crippen molar-refractivity contribution in [3.63, 3.8) is 0 Å². The molecule has 8 rings (SSSR count). The number of anilines is 2. The minimum atomic E-state index is -0.881. The van der Waals surface area contributed by atoms with Crippen molar-refractivity contribution in [3.8, 4) is 11.5 Å². The van der Waals surface area contributed by atoms with E-state index in [2.05, 4.69) is 0 Å². The highest BCUT2D eigenvalue weighted by molar-refractivity contribution is 6.24. The first kappa shape index (κ1) is 30.2. The number of nitrogens with zero attached hydrogens (tertiary/aromatic N) is 4. The van der Waals surface area contributed by atoms with Crippen LogP contribution in [-0.2, 0) is 25.6 Å². The van der Waals surface area contributed by atoms with Gasteiger partial charge in [-0.1, -0.05) is 11.6 Å². The molecule has 0 aromatic heterocycles. The summed E-state index contributed by atoms with van der Waals surface area (Å²) in [7, 11) is 0. The molecule has 3 aromatic carbocycles. The van der Waals surface area contributed by atoms with Crippen LogP contribution in [-0.4, -0.2) is 38.6 Å². The molecule has 3 fully saturated rings. The van der Waals surface area contributed by atoms with Gasteiger partial charge in [-0.15, -0.1) is 0 Å². The predicted octanol–water partition coefficient (Wildman–Crippen LogP) is 4.61. The number of allylic oxidation sites excluding steroid dienone is 3. The predicted molar refractivity (Wildman–Crippen MR) is 170 cm³/mol. The highest BCUT2D eigenvalue weighted by Gasteiger charge is 2.62. The molecule has 2 saturated heterocycles. The molecule has 14 nitrogen and oxygen atoms in total. The number of imide groups is 2. The van der Waals surface area contributed by atoms with E-state index in [1.807, 2.05) is 6.08 Å². The number of phenols is 1. The van der Waals surface area contributed by atoms with Gasteiger partial charge in [0.2, 0.25) is 23.6 Å². The molecule has 3 heterocycles. The maximum atomic E-state index is 14.3. The van der Waals surface area contributed by atoms with Crippen LogP contribution < -0.4 is 14.5 Å². The number of hydrogen-bond acceptors (Lipinski definition) is 10. The number of carbonyl (C=O) groups is 4. The van der Waals surface area contributed by atoms with Crippen LogP contribution in [0.1, 0.15) is 18.4 Å². The van der Waals surface area contributed by atoms with E-state index in [0.29, 0.717) is 16.9 Å². The number of non-ortho nitro benzene ring substituents is 2. The van der Waals surface area contributed by atoms with E-state index < -0.39 is 69.0 Å². The fraction of sp³-hybridized carbons (Fsp3) is 0.257. The summed E-state index contributed by atoms with van der Waals surface area (Å²) in [6.07, 6.45) is 4.05. The highest BCUT2D eigenvalue weighted by Crippen LogP contribution is 2.58. The summed E-state index contributed by atoms with van der Waals surface area (Å²) in [6.45, 7) is 0. The number of aromatic hydroxyl groups is 1. The third-order valence-electron chi connectivity index (χ3n) is 10.5. The number of nitro groups is 2. The van der Waals surface area contributed by atoms with Gasteiger partial charge in [0.05, 0.1) is 51.2 Å². The number of nitro benzene ring substituents is 2. The first-order valence-electron chi connectivity index (χ1n) is 15.7. The largest absolute Gasteiger partial charge is 0.508 e. The second-order valence-electron chi connectivity index (χ2n) is 12.9. The van der Waals surface area contributed by atoms with Crippen molar-refractivity contribution in [1.82, 2.24) is 0 Å². The molecule has 4 amide bonds. The molecule has 5 aliphatic rings. The highest BCUT2D eigenvalue weighted by atomic mass is 16.6. The minimum Gasteiger partial charge on any atom is -0.508 e. The molecule has 246 valence electrons. The molecule has 6 unspecified atom stereocenters. The molecule has 0 spiro atoms. The van der Waals surface area contributed by atoms with Gasteiger partial charge in [-0.2, -0.15) is 0 Å². The molecular weight excluding hydrogens is 636 g/mol. The zero-order valence-electron chi connectivity index (χ0n) is 25.5. The Morgan fingerprint density at radius 3 is 1.88 bits per heavy atom. The first-order chi connectivity index (χ1) is 23.5. The van der Waals surface area contributed by atoms with Gasteiger partial charge in [0, 0.05) is 42.2 Å². The van der Waals surface area contributed by atoms with Crippen LogP contribution in [0.5, 0.6) is 11.5 Å². The van der Waals surface area contributed by atoms with Crippen molar-refractivity contribution < 1.29 is 38.9 Å². The van der Waals surface area contributed by atoms with Crippen LogP contribution in [0.25, 0.3) is 0 Å². The van der Waals surface area contributed by atoms with Crippen molar-refractivity contribution in [2.45, 2.75) is 19.3 Å². The number of benzene rings is 3. The third kappa shape index (κ3) is 4.54. The summed E-state index contributed by atoms with van der Waals surface area (Å²) in [4.78, 5) is 79.9. The van der Waals surface area contributed by atoms with Gasteiger partial charge in [0.1, 0.15) is 11.5 Å². The molecule has 1 saturated carbocycles. The summed E-state index contributed by atoms with van der Waals surface area (Å²) in [6, 6.07) is 15.0. The molecular formula is C35H26N4O10. The first-order valence-corrected chi connectivity index (χ1v) is 15.7. The molecule has 14 heteroatoms.